The predicted molar refractivity (Wildman–Crippen MR) is 120 cm³/mol. The number of carbonyl (C=O) groups is 2. The Bertz CT molecular complexity index is 1230. The number of nitrogens with one attached hydrogen (secondary N) is 1. The fraction of sp³-hybridized carbons (Fsp3) is 0.250. The van der Waals surface area contributed by atoms with E-state index in [-0.39, 0.29) is 12.2 Å². The number of aromatic nitrogens is 4. The van der Waals surface area contributed by atoms with Crippen LogP contribution in [0.15, 0.2) is 48.5 Å². The van der Waals surface area contributed by atoms with Crippen LogP contribution in [0.2, 0.25) is 10.0 Å². The molecular formula is C20H19Cl2N5O5S. The molecule has 0 saturated carbocycles. The average molecular weight is 512 g/mol. The van der Waals surface area contributed by atoms with Crippen molar-refractivity contribution in [1.29, 1.82) is 0 Å². The molecule has 0 aliphatic rings. The molecule has 10 nitrogen and oxygen atoms in total. The Kier molecular flexibility index (Phi) is 8.14. The van der Waals surface area contributed by atoms with Crippen molar-refractivity contribution in [3.05, 3.63) is 75.5 Å². The molecule has 13 heteroatoms. The zero-order valence-electron chi connectivity index (χ0n) is 17.1. The third kappa shape index (κ3) is 7.32. The Balaban J connectivity index is 1.69. The maximum absolute atomic E-state index is 12.7. The molecule has 2 N–H and O–H groups in total. The number of hydrogen-bond donors (Lipinski definition) is 2. The zero-order chi connectivity index (χ0) is 24.0. The van der Waals surface area contributed by atoms with Crippen molar-refractivity contribution in [2.24, 2.45) is 0 Å². The Labute approximate surface area is 199 Å². The molecule has 0 bridgehead atoms. The van der Waals surface area contributed by atoms with Crippen LogP contribution in [-0.4, -0.2) is 51.5 Å². The Morgan fingerprint density at radius 1 is 1.06 bits per heavy atom. The number of halogens is 2. The fourth-order valence-corrected chi connectivity index (χ4v) is 4.86. The zero-order valence-corrected chi connectivity index (χ0v) is 19.4. The molecule has 1 unspecified atom stereocenters. The number of nitrogens with zero attached hydrogens (tertiary/aromatic N) is 4. The van der Waals surface area contributed by atoms with Gasteiger partial charge in [0.2, 0.25) is 10.0 Å². The van der Waals surface area contributed by atoms with Gasteiger partial charge in [-0.1, -0.05) is 59.6 Å². The minimum absolute atomic E-state index is 0.162. The van der Waals surface area contributed by atoms with Crippen LogP contribution in [0.1, 0.15) is 23.4 Å². The van der Waals surface area contributed by atoms with Crippen molar-refractivity contribution in [3.63, 3.8) is 0 Å². The summed E-state index contributed by atoms with van der Waals surface area (Å²) in [5, 5.41) is 21.7. The van der Waals surface area contributed by atoms with Crippen molar-refractivity contribution in [1.82, 2.24) is 24.9 Å². The fourth-order valence-electron chi connectivity index (χ4n) is 2.97. The van der Waals surface area contributed by atoms with Crippen LogP contribution >= 0.6 is 23.2 Å². The van der Waals surface area contributed by atoms with E-state index in [1.807, 2.05) is 0 Å². The van der Waals surface area contributed by atoms with Gasteiger partial charge in [-0.25, -0.2) is 13.1 Å². The Morgan fingerprint density at radius 2 is 1.73 bits per heavy atom. The summed E-state index contributed by atoms with van der Waals surface area (Å²) in [5.41, 5.74) is 1.08. The van der Waals surface area contributed by atoms with Gasteiger partial charge in [-0.15, -0.1) is 10.2 Å². The van der Waals surface area contributed by atoms with Crippen molar-refractivity contribution in [2.45, 2.75) is 31.2 Å². The molecule has 0 amide bonds. The lowest BCUT2D eigenvalue weighted by Crippen LogP contribution is -2.44. The van der Waals surface area contributed by atoms with Crippen LogP contribution < -0.4 is 4.72 Å². The number of carbonyl (C=O) groups excluding carboxylic acids is 1. The van der Waals surface area contributed by atoms with Gasteiger partial charge >= 0.3 is 5.97 Å². The van der Waals surface area contributed by atoms with E-state index in [2.05, 4.69) is 20.1 Å². The van der Waals surface area contributed by atoms with E-state index in [1.54, 1.807) is 48.5 Å². The van der Waals surface area contributed by atoms with Gasteiger partial charge in [-0.3, -0.25) is 9.59 Å². The molecule has 3 aromatic rings. The summed E-state index contributed by atoms with van der Waals surface area (Å²) in [4.78, 5) is 24.9. The molecule has 0 fully saturated rings. The van der Waals surface area contributed by atoms with Gasteiger partial charge in [0.25, 0.3) is 0 Å². The molecule has 1 atom stereocenters. The van der Waals surface area contributed by atoms with E-state index in [0.717, 1.165) is 4.80 Å². The number of carboxylic acids is 1. The SMILES string of the molecule is O=C(O)CC(NS(=O)(=O)Cc1ccccc1)C(=O)Cn1nnc(Cc2c(Cl)cccc2Cl)n1. The van der Waals surface area contributed by atoms with Gasteiger partial charge in [0.15, 0.2) is 11.6 Å². The summed E-state index contributed by atoms with van der Waals surface area (Å²) in [6.45, 7) is -0.477. The number of hydrogen-bond acceptors (Lipinski definition) is 7. The van der Waals surface area contributed by atoms with Crippen LogP contribution in [0.25, 0.3) is 0 Å². The second-order valence-corrected chi connectivity index (χ2v) is 9.66. The molecule has 2 aromatic carbocycles. The number of ketones is 1. The summed E-state index contributed by atoms with van der Waals surface area (Å²) in [6, 6.07) is 11.8. The molecule has 0 aliphatic carbocycles. The summed E-state index contributed by atoms with van der Waals surface area (Å²) >= 11 is 12.3. The van der Waals surface area contributed by atoms with Crippen molar-refractivity contribution in [2.75, 3.05) is 0 Å². The molecule has 0 spiro atoms. The third-order valence-corrected chi connectivity index (χ3v) is 6.54. The van der Waals surface area contributed by atoms with Gasteiger partial charge in [-0.05, 0) is 28.5 Å². The highest BCUT2D eigenvalue weighted by atomic mass is 35.5. The first kappa shape index (κ1) is 24.8. The van der Waals surface area contributed by atoms with Crippen LogP contribution in [0.4, 0.5) is 0 Å². The maximum atomic E-state index is 12.7. The molecule has 1 aromatic heterocycles. The second-order valence-electron chi connectivity index (χ2n) is 7.09. The van der Waals surface area contributed by atoms with E-state index in [1.165, 1.54) is 0 Å². The molecular weight excluding hydrogens is 493 g/mol. The van der Waals surface area contributed by atoms with E-state index < -0.39 is 46.5 Å². The topological polar surface area (TPSA) is 144 Å². The average Bonchev–Trinajstić information content (AvgIpc) is 3.17. The third-order valence-electron chi connectivity index (χ3n) is 4.48. The number of carboxylic acid groups (broad SMARTS) is 1. The summed E-state index contributed by atoms with van der Waals surface area (Å²) < 4.78 is 27.1. The monoisotopic (exact) mass is 511 g/mol. The first-order valence-corrected chi connectivity index (χ1v) is 12.0. The number of Topliss-reactive ketones (excluding diaryl/α,β-unsaturated/α-hetero) is 1. The summed E-state index contributed by atoms with van der Waals surface area (Å²) in [7, 11) is -3.99. The van der Waals surface area contributed by atoms with Crippen LogP contribution in [0.5, 0.6) is 0 Å². The van der Waals surface area contributed by atoms with Crippen molar-refractivity contribution in [3.8, 4) is 0 Å². The molecule has 3 rings (SSSR count). The van der Waals surface area contributed by atoms with E-state index in [4.69, 9.17) is 28.3 Å². The number of benzene rings is 2. The van der Waals surface area contributed by atoms with Gasteiger partial charge in [0.05, 0.1) is 18.2 Å². The highest BCUT2D eigenvalue weighted by molar-refractivity contribution is 7.88. The summed E-state index contributed by atoms with van der Waals surface area (Å²) in [5.74, 6) is -2.23. The Morgan fingerprint density at radius 3 is 2.36 bits per heavy atom. The lowest BCUT2D eigenvalue weighted by Gasteiger charge is -2.15. The first-order valence-electron chi connectivity index (χ1n) is 9.61. The minimum Gasteiger partial charge on any atom is -0.481 e. The molecule has 0 aliphatic heterocycles. The highest BCUT2D eigenvalue weighted by Crippen LogP contribution is 2.25. The molecule has 174 valence electrons. The van der Waals surface area contributed by atoms with Crippen LogP contribution in [0, 0.1) is 0 Å². The molecule has 1 heterocycles. The smallest absolute Gasteiger partial charge is 0.305 e. The quantitative estimate of drug-likeness (QED) is 0.398. The second kappa shape index (κ2) is 10.8. The standard InChI is InChI=1S/C20H19Cl2N5O5S/c21-15-7-4-8-16(22)14(15)9-19-23-26-27(24-19)11-18(28)17(10-20(29)30)25-33(31,32)12-13-5-2-1-3-6-13/h1-8,17,25H,9-12H2,(H,29,30). The first-order chi connectivity index (χ1) is 15.6. The molecule has 33 heavy (non-hydrogen) atoms. The van der Waals surface area contributed by atoms with Gasteiger partial charge in [0, 0.05) is 16.5 Å². The van der Waals surface area contributed by atoms with E-state index >= 15 is 0 Å². The highest BCUT2D eigenvalue weighted by Gasteiger charge is 2.28. The lowest BCUT2D eigenvalue weighted by molar-refractivity contribution is -0.139. The van der Waals surface area contributed by atoms with Gasteiger partial charge in [0.1, 0.15) is 6.54 Å². The molecule has 0 radical (unpaired) electrons. The Hall–Kier alpha value is -2.86. The number of aliphatic carboxylic acids is 1. The van der Waals surface area contributed by atoms with E-state index in [0.29, 0.717) is 21.2 Å². The van der Waals surface area contributed by atoms with Crippen molar-refractivity contribution < 1.29 is 23.1 Å². The van der Waals surface area contributed by atoms with Crippen molar-refractivity contribution >= 4 is 45.0 Å². The maximum Gasteiger partial charge on any atom is 0.305 e. The number of rotatable bonds is 11. The minimum atomic E-state index is -3.99. The van der Waals surface area contributed by atoms with Gasteiger partial charge < -0.3 is 5.11 Å². The van der Waals surface area contributed by atoms with Crippen LogP contribution in [-0.2, 0) is 38.3 Å². The van der Waals surface area contributed by atoms with Gasteiger partial charge in [-0.2, -0.15) is 4.80 Å². The number of tetrazole rings is 1. The lowest BCUT2D eigenvalue weighted by atomic mass is 10.1. The molecule has 0 saturated heterocycles. The van der Waals surface area contributed by atoms with Crippen LogP contribution in [0.3, 0.4) is 0 Å². The number of sulfonamides is 1. The van der Waals surface area contributed by atoms with E-state index in [9.17, 15) is 18.0 Å². The largest absolute Gasteiger partial charge is 0.481 e. The predicted octanol–water partition coefficient (Wildman–Crippen LogP) is 2.10. The normalized spacial score (nSPS) is 12.4. The summed E-state index contributed by atoms with van der Waals surface area (Å²) in [6.07, 6.45) is -0.571.